The van der Waals surface area contributed by atoms with E-state index >= 15 is 0 Å². The van der Waals surface area contributed by atoms with Gasteiger partial charge in [0.2, 0.25) is 0 Å². The summed E-state index contributed by atoms with van der Waals surface area (Å²) in [4.78, 5) is 37.5. The average Bonchev–Trinajstić information content (AvgIpc) is 3.15. The van der Waals surface area contributed by atoms with Gasteiger partial charge in [-0.3, -0.25) is 14.4 Å². The zero-order valence-electron chi connectivity index (χ0n) is 33.7. The Morgan fingerprint density at radius 3 is 1.43 bits per heavy atom. The van der Waals surface area contributed by atoms with Crippen molar-refractivity contribution < 1.29 is 28.6 Å². The molecule has 0 saturated carbocycles. The molecule has 0 aliphatic rings. The molecule has 0 amide bonds. The minimum atomic E-state index is -0.809. The fourth-order valence-electron chi connectivity index (χ4n) is 5.07. The maximum Gasteiger partial charge on any atom is 0.306 e. The van der Waals surface area contributed by atoms with Crippen LogP contribution < -0.4 is 0 Å². The van der Waals surface area contributed by atoms with Crippen molar-refractivity contribution in [3.8, 4) is 0 Å². The van der Waals surface area contributed by atoms with E-state index in [0.29, 0.717) is 19.3 Å². The first-order valence-electron chi connectivity index (χ1n) is 20.8. The Hall–Kier alpha value is -3.67. The first kappa shape index (κ1) is 49.3. The number of hydrogen-bond acceptors (Lipinski definition) is 6. The number of ether oxygens (including phenoxy) is 3. The Morgan fingerprint density at radius 1 is 0.415 bits per heavy atom. The van der Waals surface area contributed by atoms with Gasteiger partial charge < -0.3 is 14.2 Å². The summed E-state index contributed by atoms with van der Waals surface area (Å²) in [6.07, 6.45) is 52.6. The third-order valence-electron chi connectivity index (χ3n) is 8.18. The second-order valence-electron chi connectivity index (χ2n) is 13.2. The maximum atomic E-state index is 12.6. The van der Waals surface area contributed by atoms with Gasteiger partial charge in [-0.25, -0.2) is 0 Å². The molecule has 53 heavy (non-hydrogen) atoms. The van der Waals surface area contributed by atoms with E-state index in [2.05, 4.69) is 69.4 Å². The van der Waals surface area contributed by atoms with Crippen molar-refractivity contribution in [2.45, 2.75) is 168 Å². The molecule has 6 nitrogen and oxygen atoms in total. The Morgan fingerprint density at radius 2 is 0.830 bits per heavy atom. The van der Waals surface area contributed by atoms with Crippen LogP contribution in [0.25, 0.3) is 0 Å². The summed E-state index contributed by atoms with van der Waals surface area (Å²) in [5.41, 5.74) is 0. The monoisotopic (exact) mass is 735 g/mol. The quantitative estimate of drug-likeness (QED) is 0.0212. The summed E-state index contributed by atoms with van der Waals surface area (Å²) < 4.78 is 16.5. The molecular weight excluding hydrogens is 661 g/mol. The van der Waals surface area contributed by atoms with Crippen molar-refractivity contribution in [2.24, 2.45) is 0 Å². The van der Waals surface area contributed by atoms with Crippen molar-refractivity contribution in [3.05, 3.63) is 97.2 Å². The second-order valence-corrected chi connectivity index (χ2v) is 13.2. The van der Waals surface area contributed by atoms with Gasteiger partial charge in [0.1, 0.15) is 13.2 Å². The second kappa shape index (κ2) is 41.1. The van der Waals surface area contributed by atoms with Gasteiger partial charge in [-0.1, -0.05) is 157 Å². The van der Waals surface area contributed by atoms with E-state index in [1.807, 2.05) is 48.6 Å². The summed E-state index contributed by atoms with van der Waals surface area (Å²) in [5, 5.41) is 0. The van der Waals surface area contributed by atoms with Gasteiger partial charge in [0, 0.05) is 19.3 Å². The van der Waals surface area contributed by atoms with Crippen LogP contribution in [0.15, 0.2) is 97.2 Å². The number of hydrogen-bond donors (Lipinski definition) is 0. The lowest BCUT2D eigenvalue weighted by Gasteiger charge is -2.18. The van der Waals surface area contributed by atoms with Crippen LogP contribution in [-0.2, 0) is 28.6 Å². The van der Waals surface area contributed by atoms with Crippen LogP contribution in [0.4, 0.5) is 0 Å². The molecule has 0 saturated heterocycles. The molecule has 0 aliphatic carbocycles. The predicted octanol–water partition coefficient (Wildman–Crippen LogP) is 13.1. The molecular formula is C47H74O6. The van der Waals surface area contributed by atoms with Crippen LogP contribution in [0.5, 0.6) is 0 Å². The highest BCUT2D eigenvalue weighted by Crippen LogP contribution is 2.11. The van der Waals surface area contributed by atoms with Gasteiger partial charge in [0.15, 0.2) is 6.10 Å². The van der Waals surface area contributed by atoms with E-state index in [4.69, 9.17) is 14.2 Å². The highest BCUT2D eigenvalue weighted by atomic mass is 16.6. The molecule has 0 rings (SSSR count). The van der Waals surface area contributed by atoms with Gasteiger partial charge in [-0.2, -0.15) is 0 Å². The molecule has 0 aromatic heterocycles. The van der Waals surface area contributed by atoms with E-state index in [-0.39, 0.29) is 31.1 Å². The molecule has 0 fully saturated rings. The third-order valence-corrected chi connectivity index (χ3v) is 8.18. The van der Waals surface area contributed by atoms with E-state index in [9.17, 15) is 14.4 Å². The molecule has 1 atom stereocenters. The van der Waals surface area contributed by atoms with Gasteiger partial charge in [0.25, 0.3) is 0 Å². The summed E-state index contributed by atoms with van der Waals surface area (Å²) >= 11 is 0. The predicted molar refractivity (Wildman–Crippen MR) is 224 cm³/mol. The lowest BCUT2D eigenvalue weighted by Crippen LogP contribution is -2.30. The molecule has 298 valence electrons. The number of unbranched alkanes of at least 4 members (excludes halogenated alkanes) is 12. The minimum Gasteiger partial charge on any atom is -0.462 e. The van der Waals surface area contributed by atoms with E-state index in [1.165, 1.54) is 25.7 Å². The molecule has 0 radical (unpaired) electrons. The van der Waals surface area contributed by atoms with Crippen molar-refractivity contribution in [1.82, 2.24) is 0 Å². The minimum absolute atomic E-state index is 0.114. The Bertz CT molecular complexity index is 1120. The SMILES string of the molecule is CC\C=C/C=C\C=C/C=C\C=C/CCCCCC(=O)OCC(COC(=O)CCCC/C=C\C/C=C\CC)OC(=O)CCCCCCC/C=C\CCCC. The molecule has 0 N–H and O–H groups in total. The summed E-state index contributed by atoms with van der Waals surface area (Å²) in [7, 11) is 0. The normalized spacial score (nSPS) is 13.0. The zero-order chi connectivity index (χ0) is 38.7. The lowest BCUT2D eigenvalue weighted by molar-refractivity contribution is -0.167. The lowest BCUT2D eigenvalue weighted by atomic mass is 10.1. The van der Waals surface area contributed by atoms with E-state index in [0.717, 1.165) is 96.3 Å². The molecule has 0 aromatic carbocycles. The molecule has 0 aromatic rings. The standard InChI is InChI=1S/C47H74O6/c1-4-7-10-13-16-19-21-22-23-24-26-28-31-34-37-40-46(49)52-43-44(42-51-45(48)39-36-33-30-27-18-15-12-9-6-3)53-47(50)41-38-35-32-29-25-20-17-14-11-8-5-2/h7,9-10,12-14,16-19,21-24,26-27,44H,4-6,8,11,15,20,25,28-43H2,1-3H3/b10-7-,12-9-,16-13-,17-14-,21-19-,23-22-,26-24-,27-18-. The van der Waals surface area contributed by atoms with Crippen LogP contribution >= 0.6 is 0 Å². The van der Waals surface area contributed by atoms with Crippen molar-refractivity contribution in [2.75, 3.05) is 13.2 Å². The third kappa shape index (κ3) is 39.4. The Balaban J connectivity index is 4.52. The van der Waals surface area contributed by atoms with Crippen molar-refractivity contribution in [1.29, 1.82) is 0 Å². The maximum absolute atomic E-state index is 12.6. The Labute approximate surface area is 324 Å². The zero-order valence-corrected chi connectivity index (χ0v) is 33.7. The number of carbonyl (C=O) groups excluding carboxylic acids is 3. The smallest absolute Gasteiger partial charge is 0.306 e. The van der Waals surface area contributed by atoms with Crippen LogP contribution in [0.3, 0.4) is 0 Å². The first-order chi connectivity index (χ1) is 26.0. The van der Waals surface area contributed by atoms with Crippen LogP contribution in [0.2, 0.25) is 0 Å². The fourth-order valence-corrected chi connectivity index (χ4v) is 5.07. The van der Waals surface area contributed by atoms with Gasteiger partial charge in [0.05, 0.1) is 0 Å². The van der Waals surface area contributed by atoms with E-state index < -0.39 is 6.10 Å². The summed E-state index contributed by atoms with van der Waals surface area (Å²) in [6.45, 7) is 6.21. The van der Waals surface area contributed by atoms with E-state index in [1.54, 1.807) is 0 Å². The number of allylic oxidation sites excluding steroid dienone is 16. The molecule has 0 aliphatic heterocycles. The highest BCUT2D eigenvalue weighted by Gasteiger charge is 2.19. The van der Waals surface area contributed by atoms with Gasteiger partial charge >= 0.3 is 17.9 Å². The molecule has 6 heteroatoms. The largest absolute Gasteiger partial charge is 0.462 e. The topological polar surface area (TPSA) is 78.9 Å². The molecule has 0 bridgehead atoms. The first-order valence-corrected chi connectivity index (χ1v) is 20.8. The van der Waals surface area contributed by atoms with Gasteiger partial charge in [-0.15, -0.1) is 0 Å². The molecule has 0 heterocycles. The fraction of sp³-hybridized carbons (Fsp3) is 0.596. The van der Waals surface area contributed by atoms with Crippen molar-refractivity contribution >= 4 is 17.9 Å². The number of esters is 3. The molecule has 0 spiro atoms. The molecule has 1 unspecified atom stereocenters. The number of carbonyl (C=O) groups is 3. The Kier molecular flexibility index (Phi) is 38.2. The highest BCUT2D eigenvalue weighted by molar-refractivity contribution is 5.71. The average molecular weight is 735 g/mol. The summed E-state index contributed by atoms with van der Waals surface area (Å²) in [5.74, 6) is -1.02. The van der Waals surface area contributed by atoms with Crippen LogP contribution in [0, 0.1) is 0 Å². The van der Waals surface area contributed by atoms with Gasteiger partial charge in [-0.05, 0) is 83.5 Å². The van der Waals surface area contributed by atoms with Crippen LogP contribution in [-0.4, -0.2) is 37.2 Å². The van der Waals surface area contributed by atoms with Crippen LogP contribution in [0.1, 0.15) is 162 Å². The van der Waals surface area contributed by atoms with Crippen molar-refractivity contribution in [3.63, 3.8) is 0 Å². The number of rotatable bonds is 35. The summed E-state index contributed by atoms with van der Waals surface area (Å²) in [6, 6.07) is 0.